The Morgan fingerprint density at radius 3 is 2.88 bits per heavy atom. The van der Waals surface area contributed by atoms with Crippen molar-refractivity contribution >= 4 is 5.91 Å². The Morgan fingerprint density at radius 2 is 2.31 bits per heavy atom. The summed E-state index contributed by atoms with van der Waals surface area (Å²) in [5, 5.41) is 9.44. The molecule has 2 atom stereocenters. The summed E-state index contributed by atoms with van der Waals surface area (Å²) in [4.78, 5) is 13.6. The lowest BCUT2D eigenvalue weighted by Crippen LogP contribution is -2.31. The van der Waals surface area contributed by atoms with Crippen LogP contribution in [0.15, 0.2) is 0 Å². The molecule has 2 unspecified atom stereocenters. The van der Waals surface area contributed by atoms with Gasteiger partial charge in [-0.25, -0.2) is 0 Å². The molecule has 4 nitrogen and oxygen atoms in total. The number of aliphatic hydroxyl groups is 1. The topological polar surface area (TPSA) is 49.8 Å². The zero-order valence-corrected chi connectivity index (χ0v) is 10.3. The number of hydrogen-bond donors (Lipinski definition) is 1. The van der Waals surface area contributed by atoms with Crippen molar-refractivity contribution in [3.63, 3.8) is 0 Å². The second-order valence-electron chi connectivity index (χ2n) is 4.49. The van der Waals surface area contributed by atoms with Crippen LogP contribution in [0.25, 0.3) is 0 Å². The van der Waals surface area contributed by atoms with Gasteiger partial charge in [0.05, 0.1) is 19.1 Å². The fourth-order valence-corrected chi connectivity index (χ4v) is 1.97. The van der Waals surface area contributed by atoms with Gasteiger partial charge in [-0.3, -0.25) is 4.79 Å². The van der Waals surface area contributed by atoms with E-state index in [2.05, 4.69) is 6.92 Å². The molecule has 0 spiro atoms. The van der Waals surface area contributed by atoms with Crippen molar-refractivity contribution in [2.24, 2.45) is 5.92 Å². The van der Waals surface area contributed by atoms with Gasteiger partial charge in [0, 0.05) is 25.6 Å². The van der Waals surface area contributed by atoms with Crippen LogP contribution in [0.2, 0.25) is 0 Å². The van der Waals surface area contributed by atoms with Crippen LogP contribution >= 0.6 is 0 Å². The maximum atomic E-state index is 11.7. The first-order valence-electron chi connectivity index (χ1n) is 6.18. The van der Waals surface area contributed by atoms with E-state index in [4.69, 9.17) is 4.74 Å². The lowest BCUT2D eigenvalue weighted by molar-refractivity contribution is -0.131. The van der Waals surface area contributed by atoms with Gasteiger partial charge in [-0.05, 0) is 19.8 Å². The van der Waals surface area contributed by atoms with Gasteiger partial charge < -0.3 is 14.7 Å². The van der Waals surface area contributed by atoms with Crippen LogP contribution in [-0.2, 0) is 9.53 Å². The van der Waals surface area contributed by atoms with Gasteiger partial charge in [0.1, 0.15) is 0 Å². The van der Waals surface area contributed by atoms with E-state index >= 15 is 0 Å². The molecule has 16 heavy (non-hydrogen) atoms. The summed E-state index contributed by atoms with van der Waals surface area (Å²) in [5.74, 6) is 0.403. The maximum Gasteiger partial charge on any atom is 0.224 e. The van der Waals surface area contributed by atoms with Crippen LogP contribution in [0.3, 0.4) is 0 Å². The molecule has 0 saturated carbocycles. The van der Waals surface area contributed by atoms with Crippen molar-refractivity contribution in [3.05, 3.63) is 0 Å². The number of nitrogens with zero attached hydrogens (tertiary/aromatic N) is 1. The van der Waals surface area contributed by atoms with E-state index in [-0.39, 0.29) is 17.9 Å². The van der Waals surface area contributed by atoms with Crippen LogP contribution in [-0.4, -0.2) is 48.3 Å². The number of hydrogen-bond acceptors (Lipinski definition) is 3. The van der Waals surface area contributed by atoms with E-state index in [1.165, 1.54) is 0 Å². The highest BCUT2D eigenvalue weighted by molar-refractivity contribution is 5.76. The zero-order valence-electron chi connectivity index (χ0n) is 10.3. The number of aliphatic hydroxyl groups excluding tert-OH is 1. The third-order valence-corrected chi connectivity index (χ3v) is 3.07. The first-order chi connectivity index (χ1) is 7.65. The van der Waals surface area contributed by atoms with Gasteiger partial charge in [-0.15, -0.1) is 0 Å². The molecule has 1 N–H and O–H groups in total. The molecule has 1 heterocycles. The Balaban J connectivity index is 2.18. The molecular formula is C12H23NO3. The van der Waals surface area contributed by atoms with E-state index < -0.39 is 0 Å². The van der Waals surface area contributed by atoms with E-state index in [1.54, 1.807) is 6.92 Å². The Kier molecular flexibility index (Phi) is 5.77. The van der Waals surface area contributed by atoms with Gasteiger partial charge in [0.25, 0.3) is 0 Å². The maximum absolute atomic E-state index is 11.7. The van der Waals surface area contributed by atoms with Gasteiger partial charge >= 0.3 is 0 Å². The van der Waals surface area contributed by atoms with E-state index in [0.29, 0.717) is 19.6 Å². The monoisotopic (exact) mass is 229 g/mol. The molecule has 0 aromatic carbocycles. The van der Waals surface area contributed by atoms with Gasteiger partial charge in [0.15, 0.2) is 0 Å². The summed E-state index contributed by atoms with van der Waals surface area (Å²) in [7, 11) is 0. The third kappa shape index (κ3) is 4.10. The molecule has 0 aliphatic carbocycles. The van der Waals surface area contributed by atoms with Gasteiger partial charge in [-0.1, -0.05) is 6.92 Å². The van der Waals surface area contributed by atoms with E-state index in [1.807, 2.05) is 4.90 Å². The summed E-state index contributed by atoms with van der Waals surface area (Å²) < 4.78 is 5.29. The fraction of sp³-hybridized carbons (Fsp3) is 0.917. The second kappa shape index (κ2) is 6.86. The molecule has 1 saturated heterocycles. The number of carbonyl (C=O) groups is 1. The summed E-state index contributed by atoms with van der Waals surface area (Å²) in [6, 6.07) is 0. The Hall–Kier alpha value is -0.610. The van der Waals surface area contributed by atoms with Crippen LogP contribution in [0.1, 0.15) is 33.1 Å². The number of likely N-dealkylation sites (tertiary alicyclic amines) is 1. The Labute approximate surface area is 97.6 Å². The number of ether oxygens (including phenoxy) is 1. The smallest absolute Gasteiger partial charge is 0.224 e. The van der Waals surface area contributed by atoms with Gasteiger partial charge in [0.2, 0.25) is 5.91 Å². The highest BCUT2D eigenvalue weighted by Crippen LogP contribution is 2.20. The molecule has 4 heteroatoms. The average molecular weight is 229 g/mol. The lowest BCUT2D eigenvalue weighted by Gasteiger charge is -2.17. The highest BCUT2D eigenvalue weighted by Gasteiger charge is 2.28. The van der Waals surface area contributed by atoms with Crippen molar-refractivity contribution in [1.29, 1.82) is 0 Å². The molecule has 0 bridgehead atoms. The predicted octanol–water partition coefficient (Wildman–Crippen LogP) is 1.03. The van der Waals surface area contributed by atoms with Crippen molar-refractivity contribution in [2.75, 3.05) is 26.3 Å². The summed E-state index contributed by atoms with van der Waals surface area (Å²) >= 11 is 0. The minimum absolute atomic E-state index is 0.152. The van der Waals surface area contributed by atoms with Crippen LogP contribution in [0.5, 0.6) is 0 Å². The van der Waals surface area contributed by atoms with E-state index in [0.717, 1.165) is 26.0 Å². The minimum Gasteiger partial charge on any atom is -0.393 e. The normalized spacial score (nSPS) is 22.4. The molecule has 1 aliphatic heterocycles. The lowest BCUT2D eigenvalue weighted by atomic mass is 10.0. The summed E-state index contributed by atoms with van der Waals surface area (Å²) in [6.07, 6.45) is 2.06. The molecule has 1 rings (SSSR count). The predicted molar refractivity (Wildman–Crippen MR) is 62.1 cm³/mol. The van der Waals surface area contributed by atoms with Gasteiger partial charge in [-0.2, -0.15) is 0 Å². The molecule has 0 aromatic rings. The van der Waals surface area contributed by atoms with Crippen molar-refractivity contribution in [3.8, 4) is 0 Å². The van der Waals surface area contributed by atoms with Crippen molar-refractivity contribution in [2.45, 2.75) is 39.2 Å². The van der Waals surface area contributed by atoms with Crippen LogP contribution in [0.4, 0.5) is 0 Å². The molecule has 1 aliphatic rings. The standard InChI is InChI=1S/C12H23NO3/c1-3-7-16-8-5-12(15)13-6-4-11(9-13)10(2)14/h10-11,14H,3-9H2,1-2H3. The van der Waals surface area contributed by atoms with Crippen LogP contribution in [0, 0.1) is 5.92 Å². The Morgan fingerprint density at radius 1 is 1.56 bits per heavy atom. The SMILES string of the molecule is CCCOCCC(=O)N1CCC(C(C)O)C1. The van der Waals surface area contributed by atoms with Crippen molar-refractivity contribution in [1.82, 2.24) is 4.90 Å². The number of rotatable bonds is 6. The largest absolute Gasteiger partial charge is 0.393 e. The first kappa shape index (κ1) is 13.5. The minimum atomic E-state index is -0.311. The molecular weight excluding hydrogens is 206 g/mol. The molecule has 1 fully saturated rings. The molecule has 0 radical (unpaired) electrons. The van der Waals surface area contributed by atoms with Crippen molar-refractivity contribution < 1.29 is 14.6 Å². The van der Waals surface area contributed by atoms with Crippen LogP contribution < -0.4 is 0 Å². The number of carbonyl (C=O) groups excluding carboxylic acids is 1. The quantitative estimate of drug-likeness (QED) is 0.692. The highest BCUT2D eigenvalue weighted by atomic mass is 16.5. The molecule has 94 valence electrons. The first-order valence-corrected chi connectivity index (χ1v) is 6.18. The summed E-state index contributed by atoms with van der Waals surface area (Å²) in [6.45, 7) is 6.57. The third-order valence-electron chi connectivity index (χ3n) is 3.07. The van der Waals surface area contributed by atoms with E-state index in [9.17, 15) is 9.90 Å². The summed E-state index contributed by atoms with van der Waals surface area (Å²) in [5.41, 5.74) is 0. The molecule has 1 amide bonds. The number of amides is 1. The average Bonchev–Trinajstić information content (AvgIpc) is 2.73. The Bertz CT molecular complexity index is 218. The fourth-order valence-electron chi connectivity index (χ4n) is 1.97. The zero-order chi connectivity index (χ0) is 12.0. The molecule has 0 aromatic heterocycles. The second-order valence-corrected chi connectivity index (χ2v) is 4.49.